The highest BCUT2D eigenvalue weighted by Gasteiger charge is 2.41. The van der Waals surface area contributed by atoms with Crippen LogP contribution in [0, 0.1) is 0 Å². The predicted molar refractivity (Wildman–Crippen MR) is 89.6 cm³/mol. The second kappa shape index (κ2) is 8.05. The van der Waals surface area contributed by atoms with Gasteiger partial charge in [-0.2, -0.15) is 0 Å². The van der Waals surface area contributed by atoms with Gasteiger partial charge in [-0.15, -0.1) is 0 Å². The lowest BCUT2D eigenvalue weighted by molar-refractivity contribution is -0.155. The molecule has 25 heavy (non-hydrogen) atoms. The first-order valence-electron chi connectivity index (χ1n) is 7.62. The topological polar surface area (TPSA) is 92.8 Å². The SMILES string of the molecule is C=CCOC(=O)C[C@H]1C(=O)NC(=Cc2ccccc2)C(=O)N1C(C)=O. The van der Waals surface area contributed by atoms with Crippen molar-refractivity contribution in [3.8, 4) is 0 Å². The largest absolute Gasteiger partial charge is 0.461 e. The van der Waals surface area contributed by atoms with Crippen molar-refractivity contribution >= 4 is 29.8 Å². The molecule has 1 heterocycles. The Morgan fingerprint density at radius 2 is 1.96 bits per heavy atom. The number of nitrogens with one attached hydrogen (secondary N) is 1. The van der Waals surface area contributed by atoms with E-state index in [0.29, 0.717) is 5.56 Å². The maximum absolute atomic E-state index is 12.6. The van der Waals surface area contributed by atoms with E-state index in [9.17, 15) is 19.2 Å². The fourth-order valence-corrected chi connectivity index (χ4v) is 2.39. The molecule has 1 saturated heterocycles. The molecule has 0 saturated carbocycles. The third-order valence-corrected chi connectivity index (χ3v) is 3.49. The predicted octanol–water partition coefficient (Wildman–Crippen LogP) is 1.02. The van der Waals surface area contributed by atoms with Crippen LogP contribution in [0.25, 0.3) is 6.08 Å². The molecule has 1 atom stereocenters. The molecule has 0 aliphatic carbocycles. The molecule has 130 valence electrons. The van der Waals surface area contributed by atoms with Gasteiger partial charge in [-0.1, -0.05) is 43.0 Å². The summed E-state index contributed by atoms with van der Waals surface area (Å²) in [5.74, 6) is -2.61. The van der Waals surface area contributed by atoms with Crippen molar-refractivity contribution in [2.45, 2.75) is 19.4 Å². The first-order chi connectivity index (χ1) is 11.9. The average Bonchev–Trinajstić information content (AvgIpc) is 2.58. The molecule has 0 bridgehead atoms. The molecule has 0 aromatic heterocycles. The first-order valence-corrected chi connectivity index (χ1v) is 7.62. The summed E-state index contributed by atoms with van der Waals surface area (Å²) >= 11 is 0. The van der Waals surface area contributed by atoms with E-state index in [1.165, 1.54) is 19.1 Å². The van der Waals surface area contributed by atoms with Crippen molar-refractivity contribution in [3.63, 3.8) is 0 Å². The summed E-state index contributed by atoms with van der Waals surface area (Å²) < 4.78 is 4.83. The summed E-state index contributed by atoms with van der Waals surface area (Å²) in [7, 11) is 0. The smallest absolute Gasteiger partial charge is 0.308 e. The molecule has 1 aromatic carbocycles. The van der Waals surface area contributed by atoms with Gasteiger partial charge in [0.1, 0.15) is 18.3 Å². The summed E-state index contributed by atoms with van der Waals surface area (Å²) in [5, 5.41) is 2.46. The normalized spacial score (nSPS) is 18.7. The lowest BCUT2D eigenvalue weighted by atomic mass is 10.1. The third-order valence-electron chi connectivity index (χ3n) is 3.49. The standard InChI is InChI=1S/C18H18N2O5/c1-3-9-25-16(22)11-15-17(23)19-14(18(24)20(15)12(2)21)10-13-7-5-4-6-8-13/h3-8,10,15H,1,9,11H2,2H3,(H,19,23)/t15-/m0/s1. The number of hydrogen-bond donors (Lipinski definition) is 1. The Morgan fingerprint density at radius 1 is 1.28 bits per heavy atom. The Bertz CT molecular complexity index is 739. The van der Waals surface area contributed by atoms with E-state index in [1.807, 2.05) is 6.07 Å². The zero-order valence-electron chi connectivity index (χ0n) is 13.7. The van der Waals surface area contributed by atoms with Gasteiger partial charge in [0, 0.05) is 6.92 Å². The van der Waals surface area contributed by atoms with Crippen molar-refractivity contribution < 1.29 is 23.9 Å². The highest BCUT2D eigenvalue weighted by molar-refractivity contribution is 6.14. The Morgan fingerprint density at radius 3 is 2.56 bits per heavy atom. The van der Waals surface area contributed by atoms with Crippen LogP contribution < -0.4 is 5.32 Å². The van der Waals surface area contributed by atoms with E-state index in [4.69, 9.17) is 4.74 Å². The minimum Gasteiger partial charge on any atom is -0.461 e. The number of carbonyl (C=O) groups excluding carboxylic acids is 4. The molecular weight excluding hydrogens is 324 g/mol. The number of imide groups is 1. The molecule has 0 unspecified atom stereocenters. The Hall–Kier alpha value is -3.22. The van der Waals surface area contributed by atoms with Crippen LogP contribution in [0.3, 0.4) is 0 Å². The highest BCUT2D eigenvalue weighted by atomic mass is 16.5. The summed E-state index contributed by atoms with van der Waals surface area (Å²) in [6, 6.07) is 7.64. The second-order valence-electron chi connectivity index (χ2n) is 5.34. The van der Waals surface area contributed by atoms with E-state index in [1.54, 1.807) is 24.3 Å². The lowest BCUT2D eigenvalue weighted by Crippen LogP contribution is -2.59. The van der Waals surface area contributed by atoms with E-state index >= 15 is 0 Å². The van der Waals surface area contributed by atoms with Crippen molar-refractivity contribution in [2.24, 2.45) is 0 Å². The maximum atomic E-state index is 12.6. The quantitative estimate of drug-likeness (QED) is 0.490. The van der Waals surface area contributed by atoms with Crippen LogP contribution in [0.5, 0.6) is 0 Å². The van der Waals surface area contributed by atoms with Crippen molar-refractivity contribution in [1.29, 1.82) is 0 Å². The molecule has 2 rings (SSSR count). The van der Waals surface area contributed by atoms with E-state index in [2.05, 4.69) is 11.9 Å². The first kappa shape index (κ1) is 18.1. The molecule has 1 aromatic rings. The van der Waals surface area contributed by atoms with Gasteiger partial charge >= 0.3 is 5.97 Å². The van der Waals surface area contributed by atoms with Gasteiger partial charge in [0.15, 0.2) is 0 Å². The van der Waals surface area contributed by atoms with Gasteiger partial charge in [0.2, 0.25) is 11.8 Å². The molecule has 1 aliphatic rings. The van der Waals surface area contributed by atoms with Crippen LogP contribution in [0.4, 0.5) is 0 Å². The van der Waals surface area contributed by atoms with E-state index < -0.39 is 36.2 Å². The number of rotatable bonds is 5. The van der Waals surface area contributed by atoms with E-state index in [-0.39, 0.29) is 12.3 Å². The van der Waals surface area contributed by atoms with Gasteiger partial charge in [0.05, 0.1) is 6.42 Å². The van der Waals surface area contributed by atoms with Crippen molar-refractivity contribution in [2.75, 3.05) is 6.61 Å². The fourth-order valence-electron chi connectivity index (χ4n) is 2.39. The lowest BCUT2D eigenvalue weighted by Gasteiger charge is -2.33. The zero-order valence-corrected chi connectivity index (χ0v) is 13.7. The molecule has 7 heteroatoms. The molecule has 0 spiro atoms. The summed E-state index contributed by atoms with van der Waals surface area (Å²) in [6.45, 7) is 4.57. The highest BCUT2D eigenvalue weighted by Crippen LogP contribution is 2.18. The van der Waals surface area contributed by atoms with Crippen LogP contribution in [0.15, 0.2) is 48.7 Å². The molecule has 3 amide bonds. The Kier molecular flexibility index (Phi) is 5.84. The minimum atomic E-state index is -1.24. The molecule has 1 N–H and O–H groups in total. The Balaban J connectivity index is 2.26. The summed E-state index contributed by atoms with van der Waals surface area (Å²) in [4.78, 5) is 49.3. The number of ether oxygens (including phenoxy) is 1. The molecular formula is C18H18N2O5. The number of amides is 3. The van der Waals surface area contributed by atoms with Gasteiger partial charge in [-0.25, -0.2) is 0 Å². The van der Waals surface area contributed by atoms with Crippen LogP contribution in [0.2, 0.25) is 0 Å². The number of esters is 1. The van der Waals surface area contributed by atoms with Crippen molar-refractivity contribution in [1.82, 2.24) is 10.2 Å². The molecule has 1 fully saturated rings. The van der Waals surface area contributed by atoms with E-state index in [0.717, 1.165) is 4.90 Å². The van der Waals surface area contributed by atoms with Gasteiger partial charge in [-0.3, -0.25) is 24.1 Å². The van der Waals surface area contributed by atoms with Crippen LogP contribution in [0.1, 0.15) is 18.9 Å². The third kappa shape index (κ3) is 4.41. The monoisotopic (exact) mass is 342 g/mol. The van der Waals surface area contributed by atoms with Crippen LogP contribution in [-0.4, -0.2) is 41.2 Å². The number of carbonyl (C=O) groups is 4. The van der Waals surface area contributed by atoms with Crippen LogP contribution >= 0.6 is 0 Å². The zero-order chi connectivity index (χ0) is 18.4. The van der Waals surface area contributed by atoms with Gasteiger partial charge in [0.25, 0.3) is 5.91 Å². The second-order valence-corrected chi connectivity index (χ2v) is 5.34. The number of nitrogens with zero attached hydrogens (tertiary/aromatic N) is 1. The van der Waals surface area contributed by atoms with Crippen molar-refractivity contribution in [3.05, 3.63) is 54.2 Å². The minimum absolute atomic E-state index is 0.0135. The van der Waals surface area contributed by atoms with Gasteiger partial charge < -0.3 is 10.1 Å². The molecule has 7 nitrogen and oxygen atoms in total. The van der Waals surface area contributed by atoms with Crippen LogP contribution in [-0.2, 0) is 23.9 Å². The number of piperazine rings is 1. The Labute approximate surface area is 144 Å². The average molecular weight is 342 g/mol. The van der Waals surface area contributed by atoms with Gasteiger partial charge in [-0.05, 0) is 11.6 Å². The summed E-state index contributed by atoms with van der Waals surface area (Å²) in [5.41, 5.74) is 0.667. The summed E-state index contributed by atoms with van der Waals surface area (Å²) in [6.07, 6.45) is 2.44. The number of benzene rings is 1. The fraction of sp³-hybridized carbons (Fsp3) is 0.222. The number of hydrogen-bond acceptors (Lipinski definition) is 5. The maximum Gasteiger partial charge on any atom is 0.308 e. The molecule has 0 radical (unpaired) electrons. The molecule has 1 aliphatic heterocycles.